The maximum absolute atomic E-state index is 5.20. The standard InChI is InChI=1S/C9H11N3O/c1-4-5-13-9-7(2)8(10-3)11-6-12-9/h1,6H,5H2,2-3H3,(H,10,11,12). The van der Waals surface area contributed by atoms with E-state index in [1.54, 1.807) is 7.05 Å². The van der Waals surface area contributed by atoms with Crippen LogP contribution >= 0.6 is 0 Å². The van der Waals surface area contributed by atoms with Crippen molar-refractivity contribution in [2.24, 2.45) is 0 Å². The highest BCUT2D eigenvalue weighted by Crippen LogP contribution is 2.19. The molecule has 0 aliphatic rings. The van der Waals surface area contributed by atoms with Gasteiger partial charge in [-0.3, -0.25) is 0 Å². The molecule has 4 nitrogen and oxygen atoms in total. The molecule has 0 aliphatic carbocycles. The first-order valence-electron chi connectivity index (χ1n) is 3.85. The van der Waals surface area contributed by atoms with Crippen molar-refractivity contribution in [3.05, 3.63) is 11.9 Å². The van der Waals surface area contributed by atoms with E-state index >= 15 is 0 Å². The number of hydrogen-bond donors (Lipinski definition) is 1. The van der Waals surface area contributed by atoms with Crippen LogP contribution in [0.1, 0.15) is 5.56 Å². The van der Waals surface area contributed by atoms with Gasteiger partial charge in [0.15, 0.2) is 6.61 Å². The lowest BCUT2D eigenvalue weighted by Crippen LogP contribution is -2.02. The van der Waals surface area contributed by atoms with Crippen molar-refractivity contribution in [1.82, 2.24) is 9.97 Å². The van der Waals surface area contributed by atoms with Gasteiger partial charge in [-0.25, -0.2) is 9.97 Å². The summed E-state index contributed by atoms with van der Waals surface area (Å²) in [5, 5.41) is 2.93. The number of aromatic nitrogens is 2. The van der Waals surface area contributed by atoms with Gasteiger partial charge in [-0.2, -0.15) is 0 Å². The molecule has 1 aromatic heterocycles. The van der Waals surface area contributed by atoms with Crippen LogP contribution in [-0.4, -0.2) is 23.6 Å². The van der Waals surface area contributed by atoms with Gasteiger partial charge in [0.2, 0.25) is 5.88 Å². The molecule has 13 heavy (non-hydrogen) atoms. The molecular formula is C9H11N3O. The summed E-state index contributed by atoms with van der Waals surface area (Å²) in [6.07, 6.45) is 6.50. The first-order chi connectivity index (χ1) is 6.29. The molecule has 1 N–H and O–H groups in total. The zero-order chi connectivity index (χ0) is 9.68. The van der Waals surface area contributed by atoms with Crippen LogP contribution in [0.3, 0.4) is 0 Å². The lowest BCUT2D eigenvalue weighted by molar-refractivity contribution is 0.352. The average Bonchev–Trinajstić information content (AvgIpc) is 2.16. The molecule has 4 heteroatoms. The number of terminal acetylenes is 1. The number of nitrogens with zero attached hydrogens (tertiary/aromatic N) is 2. The van der Waals surface area contributed by atoms with Crippen molar-refractivity contribution >= 4 is 5.82 Å². The van der Waals surface area contributed by atoms with Gasteiger partial charge in [0.1, 0.15) is 12.1 Å². The Kier molecular flexibility index (Phi) is 3.09. The molecule has 0 fully saturated rings. The lowest BCUT2D eigenvalue weighted by Gasteiger charge is -2.07. The molecule has 0 atom stereocenters. The van der Waals surface area contributed by atoms with Gasteiger partial charge >= 0.3 is 0 Å². The summed E-state index contributed by atoms with van der Waals surface area (Å²) in [6.45, 7) is 2.10. The molecule has 1 aromatic rings. The summed E-state index contributed by atoms with van der Waals surface area (Å²) in [5.41, 5.74) is 0.861. The van der Waals surface area contributed by atoms with Crippen molar-refractivity contribution in [1.29, 1.82) is 0 Å². The minimum absolute atomic E-state index is 0.223. The molecule has 0 saturated heterocycles. The second-order valence-corrected chi connectivity index (χ2v) is 2.40. The SMILES string of the molecule is C#CCOc1ncnc(NC)c1C. The van der Waals surface area contributed by atoms with Crippen molar-refractivity contribution in [2.45, 2.75) is 6.92 Å². The monoisotopic (exact) mass is 177 g/mol. The van der Waals surface area contributed by atoms with E-state index < -0.39 is 0 Å². The summed E-state index contributed by atoms with van der Waals surface area (Å²) >= 11 is 0. The molecule has 0 bridgehead atoms. The number of anilines is 1. The van der Waals surface area contributed by atoms with Crippen molar-refractivity contribution < 1.29 is 4.74 Å². The van der Waals surface area contributed by atoms with Gasteiger partial charge in [-0.1, -0.05) is 5.92 Å². The van der Waals surface area contributed by atoms with Crippen LogP contribution in [0.2, 0.25) is 0 Å². The Bertz CT molecular complexity index is 330. The number of hydrogen-bond acceptors (Lipinski definition) is 4. The fourth-order valence-corrected chi connectivity index (χ4v) is 0.942. The molecule has 68 valence electrons. The average molecular weight is 177 g/mol. The highest BCUT2D eigenvalue weighted by molar-refractivity contribution is 5.46. The summed E-state index contributed by atoms with van der Waals surface area (Å²) in [5.74, 6) is 3.65. The molecule has 1 heterocycles. The van der Waals surface area contributed by atoms with E-state index in [-0.39, 0.29) is 6.61 Å². The normalized spacial score (nSPS) is 9.00. The molecule has 0 amide bonds. The lowest BCUT2D eigenvalue weighted by atomic mass is 10.3. The van der Waals surface area contributed by atoms with E-state index in [9.17, 15) is 0 Å². The minimum Gasteiger partial charge on any atom is -0.464 e. The predicted molar refractivity (Wildman–Crippen MR) is 50.6 cm³/mol. The Morgan fingerprint density at radius 3 is 3.00 bits per heavy atom. The van der Waals surface area contributed by atoms with Crippen LogP contribution in [0.5, 0.6) is 5.88 Å². The first kappa shape index (κ1) is 9.33. The van der Waals surface area contributed by atoms with Crippen molar-refractivity contribution in [2.75, 3.05) is 19.0 Å². The van der Waals surface area contributed by atoms with Crippen LogP contribution in [0.25, 0.3) is 0 Å². The fourth-order valence-electron chi connectivity index (χ4n) is 0.942. The summed E-state index contributed by atoms with van der Waals surface area (Å²) in [7, 11) is 1.79. The van der Waals surface area contributed by atoms with Crippen LogP contribution < -0.4 is 10.1 Å². The molecule has 0 spiro atoms. The Balaban J connectivity index is 2.89. The molecular weight excluding hydrogens is 166 g/mol. The van der Waals surface area contributed by atoms with Crippen LogP contribution in [0, 0.1) is 19.3 Å². The second kappa shape index (κ2) is 4.31. The van der Waals surface area contributed by atoms with Crippen LogP contribution in [-0.2, 0) is 0 Å². The maximum atomic E-state index is 5.20. The van der Waals surface area contributed by atoms with E-state index in [0.717, 1.165) is 11.4 Å². The molecule has 0 saturated carbocycles. The summed E-state index contributed by atoms with van der Waals surface area (Å²) in [4.78, 5) is 7.97. The predicted octanol–water partition coefficient (Wildman–Crippen LogP) is 0.839. The molecule has 0 unspecified atom stereocenters. The molecule has 0 aromatic carbocycles. The molecule has 1 rings (SSSR count). The van der Waals surface area contributed by atoms with E-state index in [2.05, 4.69) is 21.2 Å². The summed E-state index contributed by atoms with van der Waals surface area (Å²) in [6, 6.07) is 0. The zero-order valence-corrected chi connectivity index (χ0v) is 7.66. The largest absolute Gasteiger partial charge is 0.464 e. The highest BCUT2D eigenvalue weighted by Gasteiger charge is 2.05. The van der Waals surface area contributed by atoms with E-state index in [1.165, 1.54) is 6.33 Å². The zero-order valence-electron chi connectivity index (χ0n) is 7.66. The molecule has 0 radical (unpaired) electrons. The van der Waals surface area contributed by atoms with Crippen molar-refractivity contribution in [3.8, 4) is 18.2 Å². The maximum Gasteiger partial charge on any atom is 0.222 e. The Morgan fingerprint density at radius 1 is 1.62 bits per heavy atom. The Labute approximate surface area is 77.4 Å². The molecule has 0 aliphatic heterocycles. The van der Waals surface area contributed by atoms with Gasteiger partial charge in [0.25, 0.3) is 0 Å². The van der Waals surface area contributed by atoms with Gasteiger partial charge in [0.05, 0.1) is 5.56 Å². The quantitative estimate of drug-likeness (QED) is 0.695. The third-order valence-corrected chi connectivity index (χ3v) is 1.57. The van der Waals surface area contributed by atoms with E-state index in [1.807, 2.05) is 6.92 Å². The third kappa shape index (κ3) is 2.09. The number of nitrogens with one attached hydrogen (secondary N) is 1. The van der Waals surface area contributed by atoms with Gasteiger partial charge in [-0.15, -0.1) is 6.42 Å². The van der Waals surface area contributed by atoms with Crippen LogP contribution in [0.4, 0.5) is 5.82 Å². The second-order valence-electron chi connectivity index (χ2n) is 2.40. The fraction of sp³-hybridized carbons (Fsp3) is 0.333. The smallest absolute Gasteiger partial charge is 0.222 e. The first-order valence-corrected chi connectivity index (χ1v) is 3.85. The van der Waals surface area contributed by atoms with Crippen LogP contribution in [0.15, 0.2) is 6.33 Å². The Hall–Kier alpha value is -1.76. The van der Waals surface area contributed by atoms with Crippen molar-refractivity contribution in [3.63, 3.8) is 0 Å². The minimum atomic E-state index is 0.223. The topological polar surface area (TPSA) is 47.0 Å². The number of rotatable bonds is 3. The number of ether oxygens (including phenoxy) is 1. The van der Waals surface area contributed by atoms with E-state index in [4.69, 9.17) is 11.2 Å². The highest BCUT2D eigenvalue weighted by atomic mass is 16.5. The summed E-state index contributed by atoms with van der Waals surface area (Å²) < 4.78 is 5.20. The van der Waals surface area contributed by atoms with E-state index in [0.29, 0.717) is 5.88 Å². The van der Waals surface area contributed by atoms with Gasteiger partial charge in [0, 0.05) is 7.05 Å². The van der Waals surface area contributed by atoms with Gasteiger partial charge < -0.3 is 10.1 Å². The third-order valence-electron chi connectivity index (χ3n) is 1.57. The van der Waals surface area contributed by atoms with Gasteiger partial charge in [-0.05, 0) is 6.92 Å². The Morgan fingerprint density at radius 2 is 2.38 bits per heavy atom.